The van der Waals surface area contributed by atoms with Crippen LogP contribution < -0.4 is 10.6 Å². The second-order valence-electron chi connectivity index (χ2n) is 6.88. The Labute approximate surface area is 178 Å². The van der Waals surface area contributed by atoms with Gasteiger partial charge in [0.15, 0.2) is 5.96 Å². The van der Waals surface area contributed by atoms with Gasteiger partial charge < -0.3 is 15.2 Å². The molecule has 0 spiro atoms. The van der Waals surface area contributed by atoms with Gasteiger partial charge in [0.2, 0.25) is 0 Å². The summed E-state index contributed by atoms with van der Waals surface area (Å²) in [5.74, 6) is 4.59. The molecule has 0 bridgehead atoms. The molecule has 8 heteroatoms. The minimum atomic E-state index is 0. The fraction of sp³-hybridized carbons (Fsp3) is 0.833. The zero-order valence-corrected chi connectivity index (χ0v) is 19.0. The van der Waals surface area contributed by atoms with Crippen LogP contribution in [0.25, 0.3) is 0 Å². The molecule has 0 amide bonds. The number of aryl methyl sites for hydroxylation is 2. The van der Waals surface area contributed by atoms with Gasteiger partial charge in [-0.15, -0.1) is 34.2 Å². The fourth-order valence-corrected chi connectivity index (χ4v) is 4.69. The van der Waals surface area contributed by atoms with E-state index < -0.39 is 0 Å². The molecule has 1 atom stereocenters. The molecular weight excluding hydrogens is 459 g/mol. The maximum Gasteiger partial charge on any atom is 0.191 e. The molecule has 1 aromatic rings. The zero-order valence-electron chi connectivity index (χ0n) is 15.9. The lowest BCUT2D eigenvalue weighted by Crippen LogP contribution is -2.38. The Bertz CT molecular complexity index is 556. The van der Waals surface area contributed by atoms with Gasteiger partial charge in [0, 0.05) is 37.7 Å². The van der Waals surface area contributed by atoms with Crippen LogP contribution in [0.3, 0.4) is 0 Å². The standard InChI is InChI=1S/C18H32N6S.HI/c1-2-19-18(21-14-15-8-7-13-25-15)20-11-6-10-17-23-22-16-9-4-3-5-12-24(16)17;/h15H,2-14H2,1H3,(H2,19,20,21);1H. The predicted molar refractivity (Wildman–Crippen MR) is 121 cm³/mol. The zero-order chi connectivity index (χ0) is 17.3. The largest absolute Gasteiger partial charge is 0.357 e. The van der Waals surface area contributed by atoms with E-state index in [1.54, 1.807) is 0 Å². The number of halogens is 1. The van der Waals surface area contributed by atoms with Crippen molar-refractivity contribution in [2.75, 3.05) is 25.4 Å². The van der Waals surface area contributed by atoms with Crippen LogP contribution in [0.4, 0.5) is 0 Å². The highest BCUT2D eigenvalue weighted by Gasteiger charge is 2.15. The SMILES string of the molecule is CCNC(=NCC1CCCS1)NCCCc1nnc2n1CCCCC2.I. The Morgan fingerprint density at radius 1 is 1.23 bits per heavy atom. The first kappa shape index (κ1) is 21.8. The fourth-order valence-electron chi connectivity index (χ4n) is 3.51. The topological polar surface area (TPSA) is 67.1 Å². The Balaban J connectivity index is 0.00000243. The number of rotatable bonds is 7. The summed E-state index contributed by atoms with van der Waals surface area (Å²) in [6, 6.07) is 0. The smallest absolute Gasteiger partial charge is 0.191 e. The molecule has 148 valence electrons. The molecule has 1 unspecified atom stereocenters. The van der Waals surface area contributed by atoms with Gasteiger partial charge in [0.1, 0.15) is 11.6 Å². The van der Waals surface area contributed by atoms with Crippen LogP contribution in [0.2, 0.25) is 0 Å². The summed E-state index contributed by atoms with van der Waals surface area (Å²) in [5, 5.41) is 16.3. The second kappa shape index (κ2) is 12.0. The van der Waals surface area contributed by atoms with Crippen LogP contribution >= 0.6 is 35.7 Å². The molecule has 3 heterocycles. The first-order valence-electron chi connectivity index (χ1n) is 9.91. The lowest BCUT2D eigenvalue weighted by Gasteiger charge is -2.13. The average Bonchev–Trinajstić information content (AvgIpc) is 3.21. The van der Waals surface area contributed by atoms with Crippen molar-refractivity contribution in [1.29, 1.82) is 0 Å². The van der Waals surface area contributed by atoms with Crippen molar-refractivity contribution in [3.63, 3.8) is 0 Å². The Morgan fingerprint density at radius 2 is 2.15 bits per heavy atom. The maximum atomic E-state index is 4.75. The minimum Gasteiger partial charge on any atom is -0.357 e. The van der Waals surface area contributed by atoms with Crippen molar-refractivity contribution >= 4 is 41.7 Å². The molecule has 1 fully saturated rings. The number of hydrogen-bond acceptors (Lipinski definition) is 4. The molecule has 0 saturated carbocycles. The molecular formula is C18H33IN6S. The van der Waals surface area contributed by atoms with Crippen molar-refractivity contribution < 1.29 is 0 Å². The third-order valence-electron chi connectivity index (χ3n) is 4.88. The number of thioether (sulfide) groups is 1. The summed E-state index contributed by atoms with van der Waals surface area (Å²) < 4.78 is 2.35. The minimum absolute atomic E-state index is 0. The van der Waals surface area contributed by atoms with Crippen LogP contribution in [0.5, 0.6) is 0 Å². The number of fused-ring (bicyclic) bond motifs is 1. The first-order valence-corrected chi connectivity index (χ1v) is 11.0. The average molecular weight is 492 g/mol. The van der Waals surface area contributed by atoms with Gasteiger partial charge in [-0.2, -0.15) is 11.8 Å². The molecule has 0 aliphatic carbocycles. The van der Waals surface area contributed by atoms with E-state index >= 15 is 0 Å². The molecule has 2 aliphatic heterocycles. The molecule has 26 heavy (non-hydrogen) atoms. The van der Waals surface area contributed by atoms with Gasteiger partial charge in [0.25, 0.3) is 0 Å². The monoisotopic (exact) mass is 492 g/mol. The third-order valence-corrected chi connectivity index (χ3v) is 6.26. The summed E-state index contributed by atoms with van der Waals surface area (Å²) >= 11 is 2.06. The van der Waals surface area contributed by atoms with Crippen molar-refractivity contribution in [3.05, 3.63) is 11.6 Å². The molecule has 2 aliphatic rings. The quantitative estimate of drug-likeness (QED) is 0.265. The second-order valence-corrected chi connectivity index (χ2v) is 8.29. The number of guanidine groups is 1. The lowest BCUT2D eigenvalue weighted by molar-refractivity contribution is 0.594. The summed E-state index contributed by atoms with van der Waals surface area (Å²) in [7, 11) is 0. The maximum absolute atomic E-state index is 4.75. The summed E-state index contributed by atoms with van der Waals surface area (Å²) in [6.45, 7) is 5.96. The highest BCUT2D eigenvalue weighted by molar-refractivity contribution is 14.0. The van der Waals surface area contributed by atoms with E-state index in [0.29, 0.717) is 5.25 Å². The Hall–Kier alpha value is -0.510. The summed E-state index contributed by atoms with van der Waals surface area (Å²) in [5.41, 5.74) is 0. The van der Waals surface area contributed by atoms with Crippen molar-refractivity contribution in [3.8, 4) is 0 Å². The molecule has 0 aromatic carbocycles. The van der Waals surface area contributed by atoms with Crippen LogP contribution in [0, 0.1) is 0 Å². The van der Waals surface area contributed by atoms with Crippen LogP contribution in [0.15, 0.2) is 4.99 Å². The number of aliphatic imine (C=N–C) groups is 1. The van der Waals surface area contributed by atoms with E-state index in [4.69, 9.17) is 4.99 Å². The van der Waals surface area contributed by atoms with E-state index in [1.807, 2.05) is 0 Å². The third kappa shape index (κ3) is 6.58. The Morgan fingerprint density at radius 3 is 2.96 bits per heavy atom. The molecule has 1 aromatic heterocycles. The molecule has 3 rings (SSSR count). The predicted octanol–water partition coefficient (Wildman–Crippen LogP) is 3.01. The number of nitrogens with one attached hydrogen (secondary N) is 2. The van der Waals surface area contributed by atoms with E-state index in [0.717, 1.165) is 57.2 Å². The van der Waals surface area contributed by atoms with Crippen molar-refractivity contribution in [2.24, 2.45) is 4.99 Å². The first-order chi connectivity index (χ1) is 12.4. The van der Waals surface area contributed by atoms with Crippen LogP contribution in [-0.4, -0.2) is 51.4 Å². The van der Waals surface area contributed by atoms with E-state index in [9.17, 15) is 0 Å². The van der Waals surface area contributed by atoms with Gasteiger partial charge in [-0.25, -0.2) is 0 Å². The highest BCUT2D eigenvalue weighted by atomic mass is 127. The number of hydrogen-bond donors (Lipinski definition) is 2. The number of aromatic nitrogens is 3. The van der Waals surface area contributed by atoms with Gasteiger partial charge in [0.05, 0.1) is 6.54 Å². The van der Waals surface area contributed by atoms with E-state index in [1.165, 1.54) is 43.7 Å². The Kier molecular flexibility index (Phi) is 10.1. The van der Waals surface area contributed by atoms with Crippen LogP contribution in [0.1, 0.15) is 57.1 Å². The van der Waals surface area contributed by atoms with Crippen molar-refractivity contribution in [1.82, 2.24) is 25.4 Å². The van der Waals surface area contributed by atoms with Gasteiger partial charge in [-0.1, -0.05) is 6.42 Å². The number of nitrogens with zero attached hydrogens (tertiary/aromatic N) is 4. The van der Waals surface area contributed by atoms with Crippen molar-refractivity contribution in [2.45, 2.75) is 70.1 Å². The van der Waals surface area contributed by atoms with E-state index in [-0.39, 0.29) is 24.0 Å². The molecule has 0 radical (unpaired) electrons. The van der Waals surface area contributed by atoms with Gasteiger partial charge in [-0.3, -0.25) is 4.99 Å². The summed E-state index contributed by atoms with van der Waals surface area (Å²) in [4.78, 5) is 4.75. The molecule has 6 nitrogen and oxygen atoms in total. The lowest BCUT2D eigenvalue weighted by atomic mass is 10.2. The highest BCUT2D eigenvalue weighted by Crippen LogP contribution is 2.26. The normalized spacial score (nSPS) is 20.2. The van der Waals surface area contributed by atoms with Gasteiger partial charge in [-0.05, 0) is 44.8 Å². The summed E-state index contributed by atoms with van der Waals surface area (Å²) in [6.07, 6.45) is 9.60. The molecule has 2 N–H and O–H groups in total. The van der Waals surface area contributed by atoms with Crippen LogP contribution in [-0.2, 0) is 19.4 Å². The van der Waals surface area contributed by atoms with Gasteiger partial charge >= 0.3 is 0 Å². The molecule has 1 saturated heterocycles. The van der Waals surface area contributed by atoms with E-state index in [2.05, 4.69) is 44.1 Å².